The summed E-state index contributed by atoms with van der Waals surface area (Å²) in [5, 5.41) is 0. The summed E-state index contributed by atoms with van der Waals surface area (Å²) in [5.74, 6) is -0.247. The van der Waals surface area contributed by atoms with Crippen molar-refractivity contribution in [3.63, 3.8) is 0 Å². The third-order valence-electron chi connectivity index (χ3n) is 3.19. The van der Waals surface area contributed by atoms with Crippen molar-refractivity contribution in [3.05, 3.63) is 44.7 Å². The Morgan fingerprint density at radius 1 is 1.33 bits per heavy atom. The fourth-order valence-electron chi connectivity index (χ4n) is 2.33. The number of rotatable bonds is 1. The molecule has 1 aliphatic rings. The molecule has 92 valence electrons. The summed E-state index contributed by atoms with van der Waals surface area (Å²) in [7, 11) is 1.42. The first-order chi connectivity index (χ1) is 8.70. The third-order valence-corrected chi connectivity index (χ3v) is 5.02. The number of aryl methyl sites for hydroxylation is 2. The average Bonchev–Trinajstić information content (AvgIpc) is 2.81. The Labute approximate surface area is 118 Å². The summed E-state index contributed by atoms with van der Waals surface area (Å²) in [6, 6.07) is 8.23. The number of esters is 1. The maximum Gasteiger partial charge on any atom is 0.348 e. The van der Waals surface area contributed by atoms with Gasteiger partial charge in [0.05, 0.1) is 7.11 Å². The van der Waals surface area contributed by atoms with Crippen molar-refractivity contribution in [1.29, 1.82) is 0 Å². The first-order valence-electron chi connectivity index (χ1n) is 5.69. The molecule has 0 bridgehead atoms. The molecule has 0 saturated heterocycles. The van der Waals surface area contributed by atoms with E-state index in [1.165, 1.54) is 40.0 Å². The van der Waals surface area contributed by atoms with Crippen molar-refractivity contribution in [2.24, 2.45) is 0 Å². The molecule has 2 nitrogen and oxygen atoms in total. The minimum Gasteiger partial charge on any atom is -0.465 e. The Morgan fingerprint density at radius 3 is 2.89 bits per heavy atom. The molecule has 0 fully saturated rings. The lowest BCUT2D eigenvalue weighted by molar-refractivity contribution is 0.0606. The minimum atomic E-state index is -0.247. The number of ether oxygens (including phenoxy) is 1. The van der Waals surface area contributed by atoms with E-state index in [4.69, 9.17) is 4.74 Å². The van der Waals surface area contributed by atoms with Gasteiger partial charge in [-0.1, -0.05) is 28.1 Å². The molecule has 4 heteroatoms. The molecule has 0 aliphatic heterocycles. The maximum atomic E-state index is 11.6. The lowest BCUT2D eigenvalue weighted by Crippen LogP contribution is -2.01. The van der Waals surface area contributed by atoms with Crippen LogP contribution in [0.15, 0.2) is 28.7 Å². The van der Waals surface area contributed by atoms with Crippen LogP contribution in [0.3, 0.4) is 0 Å². The number of fused-ring (bicyclic) bond motifs is 3. The van der Waals surface area contributed by atoms with Gasteiger partial charge in [0.15, 0.2) is 0 Å². The van der Waals surface area contributed by atoms with Gasteiger partial charge in [-0.25, -0.2) is 4.79 Å². The number of hydrogen-bond donors (Lipinski definition) is 0. The Morgan fingerprint density at radius 2 is 2.11 bits per heavy atom. The molecule has 1 aliphatic carbocycles. The van der Waals surface area contributed by atoms with Crippen LogP contribution >= 0.6 is 27.3 Å². The Balaban J connectivity index is 2.18. The van der Waals surface area contributed by atoms with E-state index in [9.17, 15) is 4.79 Å². The van der Waals surface area contributed by atoms with Crippen LogP contribution < -0.4 is 0 Å². The van der Waals surface area contributed by atoms with Crippen LogP contribution in [0.2, 0.25) is 0 Å². The first kappa shape index (κ1) is 11.9. The molecule has 0 atom stereocenters. The predicted molar refractivity (Wildman–Crippen MR) is 76.2 cm³/mol. The molecule has 0 unspecified atom stereocenters. The second kappa shape index (κ2) is 4.52. The highest BCUT2D eigenvalue weighted by molar-refractivity contribution is 9.10. The largest absolute Gasteiger partial charge is 0.465 e. The zero-order valence-electron chi connectivity index (χ0n) is 9.83. The van der Waals surface area contributed by atoms with Gasteiger partial charge < -0.3 is 4.74 Å². The zero-order valence-corrected chi connectivity index (χ0v) is 12.2. The van der Waals surface area contributed by atoms with E-state index < -0.39 is 0 Å². The van der Waals surface area contributed by atoms with Crippen LogP contribution in [0.4, 0.5) is 0 Å². The number of hydrogen-bond acceptors (Lipinski definition) is 3. The van der Waals surface area contributed by atoms with E-state index in [0.29, 0.717) is 4.88 Å². The van der Waals surface area contributed by atoms with Crippen molar-refractivity contribution >= 4 is 33.2 Å². The summed E-state index contributed by atoms with van der Waals surface area (Å²) in [6.45, 7) is 0. The molecule has 0 spiro atoms. The molecule has 1 aromatic carbocycles. The van der Waals surface area contributed by atoms with Crippen molar-refractivity contribution < 1.29 is 9.53 Å². The zero-order chi connectivity index (χ0) is 12.7. The second-order valence-corrected chi connectivity index (χ2v) is 6.14. The molecular weight excluding hydrogens is 312 g/mol. The van der Waals surface area contributed by atoms with E-state index in [0.717, 1.165) is 17.3 Å². The van der Waals surface area contributed by atoms with Gasteiger partial charge in [0, 0.05) is 14.9 Å². The van der Waals surface area contributed by atoms with Crippen LogP contribution in [-0.4, -0.2) is 13.1 Å². The number of carbonyl (C=O) groups excluding carboxylic acids is 1. The molecule has 18 heavy (non-hydrogen) atoms. The van der Waals surface area contributed by atoms with E-state index in [-0.39, 0.29) is 5.97 Å². The standard InChI is InChI=1S/C14H11BrO2S/c1-17-14(16)11-7-9-6-5-8-3-2-4-10(15)12(8)13(9)18-11/h2-4,7H,5-6H2,1H3. The van der Waals surface area contributed by atoms with Gasteiger partial charge in [0.2, 0.25) is 0 Å². The molecule has 1 heterocycles. The van der Waals surface area contributed by atoms with Crippen molar-refractivity contribution in [2.45, 2.75) is 12.8 Å². The minimum absolute atomic E-state index is 0.247. The van der Waals surface area contributed by atoms with Crippen molar-refractivity contribution in [3.8, 4) is 10.4 Å². The molecule has 0 N–H and O–H groups in total. The van der Waals surface area contributed by atoms with Crippen LogP contribution in [-0.2, 0) is 17.6 Å². The number of carbonyl (C=O) groups is 1. The highest BCUT2D eigenvalue weighted by Crippen LogP contribution is 2.43. The Kier molecular flexibility index (Phi) is 2.99. The number of halogens is 1. The van der Waals surface area contributed by atoms with Crippen LogP contribution in [0.5, 0.6) is 0 Å². The van der Waals surface area contributed by atoms with Crippen molar-refractivity contribution in [1.82, 2.24) is 0 Å². The Hall–Kier alpha value is -1.13. The molecule has 0 radical (unpaired) electrons. The van der Waals surface area contributed by atoms with Gasteiger partial charge in [-0.05, 0) is 36.1 Å². The first-order valence-corrected chi connectivity index (χ1v) is 7.30. The number of methoxy groups -OCH3 is 1. The SMILES string of the molecule is COC(=O)c1cc2c(s1)-c1c(Br)cccc1CC2. The van der Waals surface area contributed by atoms with E-state index in [2.05, 4.69) is 28.1 Å². The Bertz CT molecular complexity index is 631. The monoisotopic (exact) mass is 322 g/mol. The molecule has 1 aromatic heterocycles. The van der Waals surface area contributed by atoms with Gasteiger partial charge >= 0.3 is 5.97 Å². The van der Waals surface area contributed by atoms with E-state index in [1.54, 1.807) is 0 Å². The molecule has 0 saturated carbocycles. The van der Waals surface area contributed by atoms with E-state index >= 15 is 0 Å². The summed E-state index contributed by atoms with van der Waals surface area (Å²) in [4.78, 5) is 13.5. The highest BCUT2D eigenvalue weighted by atomic mass is 79.9. The number of benzene rings is 1. The normalized spacial score (nSPS) is 12.8. The topological polar surface area (TPSA) is 26.3 Å². The van der Waals surface area contributed by atoms with Crippen LogP contribution in [0.1, 0.15) is 20.8 Å². The van der Waals surface area contributed by atoms with Crippen LogP contribution in [0.25, 0.3) is 10.4 Å². The predicted octanol–water partition coefficient (Wildman–Crippen LogP) is 4.06. The summed E-state index contributed by atoms with van der Waals surface area (Å²) in [6.07, 6.45) is 2.02. The van der Waals surface area contributed by atoms with Gasteiger partial charge in [-0.2, -0.15) is 0 Å². The van der Waals surface area contributed by atoms with Crippen LogP contribution in [0, 0.1) is 0 Å². The summed E-state index contributed by atoms with van der Waals surface area (Å²) in [5.41, 5.74) is 3.83. The second-order valence-electron chi connectivity index (χ2n) is 4.23. The summed E-state index contributed by atoms with van der Waals surface area (Å²) >= 11 is 5.13. The van der Waals surface area contributed by atoms with Gasteiger partial charge in [-0.15, -0.1) is 11.3 Å². The van der Waals surface area contributed by atoms with Gasteiger partial charge in [0.25, 0.3) is 0 Å². The molecule has 3 rings (SSSR count). The fourth-order valence-corrected chi connectivity index (χ4v) is 4.29. The maximum absolute atomic E-state index is 11.6. The van der Waals surface area contributed by atoms with Crippen molar-refractivity contribution in [2.75, 3.05) is 7.11 Å². The smallest absolute Gasteiger partial charge is 0.348 e. The third kappa shape index (κ3) is 1.80. The van der Waals surface area contributed by atoms with E-state index in [1.807, 2.05) is 12.1 Å². The fraction of sp³-hybridized carbons (Fsp3) is 0.214. The molecular formula is C14H11BrO2S. The average molecular weight is 323 g/mol. The summed E-state index contributed by atoms with van der Waals surface area (Å²) < 4.78 is 5.89. The lowest BCUT2D eigenvalue weighted by atomic mass is 9.91. The quantitative estimate of drug-likeness (QED) is 0.740. The lowest BCUT2D eigenvalue weighted by Gasteiger charge is -2.17. The number of thiophene rings is 1. The van der Waals surface area contributed by atoms with Gasteiger partial charge in [0.1, 0.15) is 4.88 Å². The molecule has 2 aromatic rings. The van der Waals surface area contributed by atoms with Gasteiger partial charge in [-0.3, -0.25) is 0 Å². The highest BCUT2D eigenvalue weighted by Gasteiger charge is 2.23. The molecule has 0 amide bonds.